The molecule has 1 N–H and O–H groups in total. The van der Waals surface area contributed by atoms with Gasteiger partial charge in [-0.05, 0) is 24.1 Å². The molecule has 0 saturated carbocycles. The number of anilines is 1. The first kappa shape index (κ1) is 12.6. The van der Waals surface area contributed by atoms with E-state index in [0.717, 1.165) is 24.2 Å². The van der Waals surface area contributed by atoms with Crippen molar-refractivity contribution >= 4 is 17.5 Å². The molecule has 1 aromatic carbocycles. The van der Waals surface area contributed by atoms with Crippen molar-refractivity contribution in [2.45, 2.75) is 32.7 Å². The zero-order valence-electron chi connectivity index (χ0n) is 10.6. The van der Waals surface area contributed by atoms with Gasteiger partial charge in [0, 0.05) is 31.6 Å². The molecule has 1 fully saturated rings. The average Bonchev–Trinajstić information content (AvgIpc) is 2.83. The SMILES string of the molecule is CCC(=O)NCc1ccc(N2CCCC2=O)cc1. The van der Waals surface area contributed by atoms with Crippen molar-refractivity contribution in [2.24, 2.45) is 0 Å². The maximum absolute atomic E-state index is 11.6. The van der Waals surface area contributed by atoms with E-state index in [-0.39, 0.29) is 11.8 Å². The molecule has 1 aromatic rings. The van der Waals surface area contributed by atoms with Crippen LogP contribution in [0.1, 0.15) is 31.7 Å². The molecule has 1 aliphatic heterocycles. The fourth-order valence-corrected chi connectivity index (χ4v) is 2.04. The average molecular weight is 246 g/mol. The molecule has 2 amide bonds. The van der Waals surface area contributed by atoms with E-state index in [1.165, 1.54) is 0 Å². The summed E-state index contributed by atoms with van der Waals surface area (Å²) in [5.41, 5.74) is 2.00. The molecule has 2 rings (SSSR count). The summed E-state index contributed by atoms with van der Waals surface area (Å²) in [5.74, 6) is 0.246. The summed E-state index contributed by atoms with van der Waals surface area (Å²) >= 11 is 0. The van der Waals surface area contributed by atoms with Gasteiger partial charge in [0.25, 0.3) is 0 Å². The molecule has 0 spiro atoms. The standard InChI is InChI=1S/C14H18N2O2/c1-2-13(17)15-10-11-5-7-12(8-6-11)16-9-3-4-14(16)18/h5-8H,2-4,9-10H2,1H3,(H,15,17). The number of hydrogen-bond donors (Lipinski definition) is 1. The summed E-state index contributed by atoms with van der Waals surface area (Å²) < 4.78 is 0. The Balaban J connectivity index is 1.97. The van der Waals surface area contributed by atoms with Crippen molar-refractivity contribution in [1.29, 1.82) is 0 Å². The van der Waals surface area contributed by atoms with Crippen LogP contribution < -0.4 is 10.2 Å². The molecule has 96 valence electrons. The lowest BCUT2D eigenvalue weighted by molar-refractivity contribution is -0.121. The first-order valence-electron chi connectivity index (χ1n) is 6.36. The molecule has 1 saturated heterocycles. The van der Waals surface area contributed by atoms with E-state index in [4.69, 9.17) is 0 Å². The van der Waals surface area contributed by atoms with Crippen molar-refractivity contribution < 1.29 is 9.59 Å². The number of benzene rings is 1. The van der Waals surface area contributed by atoms with Crippen LogP contribution in [0, 0.1) is 0 Å². The minimum absolute atomic E-state index is 0.0498. The molecule has 0 atom stereocenters. The van der Waals surface area contributed by atoms with Crippen LogP contribution in [0.25, 0.3) is 0 Å². The molecule has 0 aromatic heterocycles. The van der Waals surface area contributed by atoms with E-state index >= 15 is 0 Å². The van der Waals surface area contributed by atoms with Crippen molar-refractivity contribution in [3.8, 4) is 0 Å². The van der Waals surface area contributed by atoms with Gasteiger partial charge < -0.3 is 10.2 Å². The second kappa shape index (κ2) is 5.67. The molecule has 0 unspecified atom stereocenters. The molecule has 1 aliphatic rings. The van der Waals surface area contributed by atoms with Gasteiger partial charge in [-0.1, -0.05) is 19.1 Å². The Morgan fingerprint density at radius 2 is 2.06 bits per heavy atom. The van der Waals surface area contributed by atoms with Crippen LogP contribution in [0.15, 0.2) is 24.3 Å². The highest BCUT2D eigenvalue weighted by atomic mass is 16.2. The van der Waals surface area contributed by atoms with Gasteiger partial charge in [-0.15, -0.1) is 0 Å². The summed E-state index contributed by atoms with van der Waals surface area (Å²) in [7, 11) is 0. The summed E-state index contributed by atoms with van der Waals surface area (Å²) in [5, 5.41) is 2.83. The molecule has 4 nitrogen and oxygen atoms in total. The van der Waals surface area contributed by atoms with Crippen LogP contribution in [0.2, 0.25) is 0 Å². The molecule has 1 heterocycles. The zero-order valence-corrected chi connectivity index (χ0v) is 10.6. The summed E-state index contributed by atoms with van der Waals surface area (Å²) in [6.07, 6.45) is 2.09. The van der Waals surface area contributed by atoms with E-state index in [1.807, 2.05) is 36.1 Å². The fourth-order valence-electron chi connectivity index (χ4n) is 2.04. The Morgan fingerprint density at radius 3 is 2.61 bits per heavy atom. The first-order chi connectivity index (χ1) is 8.70. The second-order valence-corrected chi connectivity index (χ2v) is 4.45. The molecular formula is C14H18N2O2. The molecule has 0 radical (unpaired) electrons. The van der Waals surface area contributed by atoms with Gasteiger partial charge in [-0.3, -0.25) is 9.59 Å². The van der Waals surface area contributed by atoms with Crippen molar-refractivity contribution in [1.82, 2.24) is 5.32 Å². The molecular weight excluding hydrogens is 228 g/mol. The minimum atomic E-state index is 0.0498. The Hall–Kier alpha value is -1.84. The summed E-state index contributed by atoms with van der Waals surface area (Å²) in [4.78, 5) is 24.5. The fraction of sp³-hybridized carbons (Fsp3) is 0.429. The third-order valence-electron chi connectivity index (χ3n) is 3.13. The van der Waals surface area contributed by atoms with Gasteiger partial charge >= 0.3 is 0 Å². The topological polar surface area (TPSA) is 49.4 Å². The van der Waals surface area contributed by atoms with E-state index < -0.39 is 0 Å². The van der Waals surface area contributed by atoms with Gasteiger partial charge in [0.1, 0.15) is 0 Å². The Bertz CT molecular complexity index is 440. The van der Waals surface area contributed by atoms with Crippen molar-refractivity contribution in [2.75, 3.05) is 11.4 Å². The Kier molecular flexibility index (Phi) is 3.97. The third kappa shape index (κ3) is 2.88. The van der Waals surface area contributed by atoms with Crippen LogP contribution in [-0.4, -0.2) is 18.4 Å². The van der Waals surface area contributed by atoms with Crippen LogP contribution in [0.4, 0.5) is 5.69 Å². The lowest BCUT2D eigenvalue weighted by Crippen LogP contribution is -2.24. The second-order valence-electron chi connectivity index (χ2n) is 4.45. The van der Waals surface area contributed by atoms with Gasteiger partial charge in [0.15, 0.2) is 0 Å². The quantitative estimate of drug-likeness (QED) is 0.881. The Labute approximate surface area is 107 Å². The van der Waals surface area contributed by atoms with Gasteiger partial charge in [0.05, 0.1) is 0 Å². The number of carbonyl (C=O) groups excluding carboxylic acids is 2. The summed E-state index contributed by atoms with van der Waals surface area (Å²) in [6.45, 7) is 3.18. The molecule has 0 bridgehead atoms. The monoisotopic (exact) mass is 246 g/mol. The number of amides is 2. The van der Waals surface area contributed by atoms with E-state index in [1.54, 1.807) is 0 Å². The normalized spacial score (nSPS) is 14.9. The van der Waals surface area contributed by atoms with E-state index in [2.05, 4.69) is 5.32 Å². The van der Waals surface area contributed by atoms with E-state index in [9.17, 15) is 9.59 Å². The molecule has 4 heteroatoms. The van der Waals surface area contributed by atoms with Gasteiger partial charge in [-0.25, -0.2) is 0 Å². The number of rotatable bonds is 4. The van der Waals surface area contributed by atoms with Crippen molar-refractivity contribution in [3.05, 3.63) is 29.8 Å². The highest BCUT2D eigenvalue weighted by Gasteiger charge is 2.21. The van der Waals surface area contributed by atoms with E-state index in [0.29, 0.717) is 19.4 Å². The van der Waals surface area contributed by atoms with Gasteiger partial charge in [-0.2, -0.15) is 0 Å². The largest absolute Gasteiger partial charge is 0.352 e. The number of nitrogens with zero attached hydrogens (tertiary/aromatic N) is 1. The minimum Gasteiger partial charge on any atom is -0.352 e. The third-order valence-corrected chi connectivity index (χ3v) is 3.13. The first-order valence-corrected chi connectivity index (χ1v) is 6.36. The smallest absolute Gasteiger partial charge is 0.227 e. The number of hydrogen-bond acceptors (Lipinski definition) is 2. The lowest BCUT2D eigenvalue weighted by Gasteiger charge is -2.16. The predicted octanol–water partition coefficient (Wildman–Crippen LogP) is 1.84. The maximum Gasteiger partial charge on any atom is 0.227 e. The van der Waals surface area contributed by atoms with Crippen LogP contribution >= 0.6 is 0 Å². The highest BCUT2D eigenvalue weighted by Crippen LogP contribution is 2.21. The Morgan fingerprint density at radius 1 is 1.33 bits per heavy atom. The number of nitrogens with one attached hydrogen (secondary N) is 1. The van der Waals surface area contributed by atoms with Crippen LogP contribution in [0.3, 0.4) is 0 Å². The maximum atomic E-state index is 11.6. The number of carbonyl (C=O) groups is 2. The van der Waals surface area contributed by atoms with Crippen LogP contribution in [-0.2, 0) is 16.1 Å². The highest BCUT2D eigenvalue weighted by molar-refractivity contribution is 5.95. The molecule has 0 aliphatic carbocycles. The van der Waals surface area contributed by atoms with Gasteiger partial charge in [0.2, 0.25) is 11.8 Å². The summed E-state index contributed by atoms with van der Waals surface area (Å²) in [6, 6.07) is 7.79. The van der Waals surface area contributed by atoms with Crippen LogP contribution in [0.5, 0.6) is 0 Å². The predicted molar refractivity (Wildman–Crippen MR) is 70.2 cm³/mol. The molecule has 18 heavy (non-hydrogen) atoms. The van der Waals surface area contributed by atoms with Crippen molar-refractivity contribution in [3.63, 3.8) is 0 Å². The lowest BCUT2D eigenvalue weighted by atomic mass is 10.2. The zero-order chi connectivity index (χ0) is 13.0.